The largest absolute Gasteiger partial charge is 0.493 e. The van der Waals surface area contributed by atoms with Gasteiger partial charge in [0.2, 0.25) is 5.88 Å². The first-order valence-corrected chi connectivity index (χ1v) is 14.9. The van der Waals surface area contributed by atoms with E-state index in [9.17, 15) is 10.1 Å². The number of nitrogens with two attached hydrogens (primary N) is 1. The summed E-state index contributed by atoms with van der Waals surface area (Å²) in [4.78, 5) is 13.0. The molecular formula is C35H30Cl2N2O6. The van der Waals surface area contributed by atoms with E-state index in [0.717, 1.165) is 17.5 Å². The van der Waals surface area contributed by atoms with Gasteiger partial charge in [-0.2, -0.15) is 5.26 Å². The van der Waals surface area contributed by atoms with Gasteiger partial charge in [-0.15, -0.1) is 0 Å². The van der Waals surface area contributed by atoms with Crippen LogP contribution in [-0.4, -0.2) is 19.7 Å². The van der Waals surface area contributed by atoms with E-state index in [-0.39, 0.29) is 32.8 Å². The number of carbonyl (C=O) groups is 1. The van der Waals surface area contributed by atoms with E-state index in [4.69, 9.17) is 52.6 Å². The summed E-state index contributed by atoms with van der Waals surface area (Å²) in [5.41, 5.74) is 10.2. The highest BCUT2D eigenvalue weighted by Gasteiger charge is 2.32. The van der Waals surface area contributed by atoms with Crippen LogP contribution in [0.15, 0.2) is 84.3 Å². The Hall–Kier alpha value is -4.84. The number of rotatable bonds is 10. The lowest BCUT2D eigenvalue weighted by atomic mass is 9.83. The van der Waals surface area contributed by atoms with Crippen LogP contribution in [0.5, 0.6) is 28.7 Å². The minimum absolute atomic E-state index is 0.0571. The molecule has 0 aromatic heterocycles. The maximum Gasteiger partial charge on any atom is 0.343 e. The van der Waals surface area contributed by atoms with Crippen LogP contribution in [0.3, 0.4) is 0 Å². The molecule has 0 radical (unpaired) electrons. The lowest BCUT2D eigenvalue weighted by molar-refractivity contribution is 0.0734. The van der Waals surface area contributed by atoms with Crippen molar-refractivity contribution in [3.63, 3.8) is 0 Å². The predicted molar refractivity (Wildman–Crippen MR) is 171 cm³/mol. The van der Waals surface area contributed by atoms with E-state index >= 15 is 0 Å². The summed E-state index contributed by atoms with van der Waals surface area (Å²) in [5.74, 6) is 0.578. The number of esters is 1. The standard InChI is InChI=1S/C35H30Cl2N2O6/c1-4-13-42-33-27(36)14-23(15-28(33)37)35(40)44-24-10-11-25-30(17-24)45-34(39)26(18-38)32(25)22-9-12-29(31(16-22)41-3)43-19-21-7-5-20(2)6-8-21/h5-12,14-17,32H,4,13,19,39H2,1-3H3. The van der Waals surface area contributed by atoms with Gasteiger partial charge in [-0.1, -0.05) is 72.1 Å². The smallest absolute Gasteiger partial charge is 0.343 e. The highest BCUT2D eigenvalue weighted by Crippen LogP contribution is 2.45. The van der Waals surface area contributed by atoms with Crippen molar-refractivity contribution in [2.75, 3.05) is 13.7 Å². The van der Waals surface area contributed by atoms with Crippen LogP contribution in [0.2, 0.25) is 10.0 Å². The van der Waals surface area contributed by atoms with Gasteiger partial charge >= 0.3 is 5.97 Å². The molecule has 0 saturated carbocycles. The van der Waals surface area contributed by atoms with Crippen molar-refractivity contribution >= 4 is 29.2 Å². The molecule has 0 aliphatic carbocycles. The molecular weight excluding hydrogens is 615 g/mol. The molecule has 10 heteroatoms. The van der Waals surface area contributed by atoms with Gasteiger partial charge in [0, 0.05) is 11.6 Å². The lowest BCUT2D eigenvalue weighted by Gasteiger charge is -2.27. The van der Waals surface area contributed by atoms with Gasteiger partial charge in [-0.3, -0.25) is 0 Å². The average molecular weight is 646 g/mol. The van der Waals surface area contributed by atoms with Gasteiger partial charge in [-0.25, -0.2) is 4.79 Å². The molecule has 1 aliphatic rings. The quantitative estimate of drug-likeness (QED) is 0.136. The fourth-order valence-electron chi connectivity index (χ4n) is 4.86. The Bertz CT molecular complexity index is 1790. The van der Waals surface area contributed by atoms with Crippen LogP contribution >= 0.6 is 23.2 Å². The van der Waals surface area contributed by atoms with Gasteiger partial charge in [0.25, 0.3) is 0 Å². The third-order valence-corrected chi connectivity index (χ3v) is 7.68. The van der Waals surface area contributed by atoms with Gasteiger partial charge in [0.05, 0.1) is 35.2 Å². The Balaban J connectivity index is 1.40. The Morgan fingerprint density at radius 1 is 0.978 bits per heavy atom. The minimum atomic E-state index is -0.680. The molecule has 8 nitrogen and oxygen atoms in total. The summed E-state index contributed by atoms with van der Waals surface area (Å²) >= 11 is 12.6. The van der Waals surface area contributed by atoms with Crippen LogP contribution in [0.25, 0.3) is 0 Å². The number of benzene rings is 4. The maximum absolute atomic E-state index is 13.0. The molecule has 1 unspecified atom stereocenters. The Morgan fingerprint density at radius 3 is 2.38 bits per heavy atom. The van der Waals surface area contributed by atoms with Gasteiger partial charge < -0.3 is 29.4 Å². The van der Waals surface area contributed by atoms with Gasteiger partial charge in [-0.05, 0) is 54.8 Å². The van der Waals surface area contributed by atoms with Crippen molar-refractivity contribution in [1.82, 2.24) is 0 Å². The maximum atomic E-state index is 13.0. The third kappa shape index (κ3) is 6.96. The highest BCUT2D eigenvalue weighted by atomic mass is 35.5. The number of hydrogen-bond acceptors (Lipinski definition) is 8. The molecule has 45 heavy (non-hydrogen) atoms. The normalized spacial score (nSPS) is 13.7. The third-order valence-electron chi connectivity index (χ3n) is 7.12. The van der Waals surface area contributed by atoms with Crippen LogP contribution < -0.4 is 29.4 Å². The van der Waals surface area contributed by atoms with E-state index in [1.807, 2.05) is 50.2 Å². The van der Waals surface area contributed by atoms with Crippen molar-refractivity contribution in [3.8, 4) is 34.8 Å². The number of fused-ring (bicyclic) bond motifs is 1. The van der Waals surface area contributed by atoms with Crippen LogP contribution in [-0.2, 0) is 6.61 Å². The van der Waals surface area contributed by atoms with Gasteiger partial charge in [0.1, 0.15) is 29.7 Å². The Morgan fingerprint density at radius 2 is 1.71 bits per heavy atom. The average Bonchev–Trinajstić information content (AvgIpc) is 3.03. The van der Waals surface area contributed by atoms with E-state index in [1.165, 1.54) is 17.7 Å². The second kappa shape index (κ2) is 13.9. The molecule has 1 aliphatic heterocycles. The van der Waals surface area contributed by atoms with Crippen molar-refractivity contribution in [2.24, 2.45) is 5.73 Å². The zero-order chi connectivity index (χ0) is 32.1. The molecule has 4 aromatic carbocycles. The van der Waals surface area contributed by atoms with Crippen LogP contribution in [0.4, 0.5) is 0 Å². The zero-order valence-corrected chi connectivity index (χ0v) is 26.4. The first-order valence-electron chi connectivity index (χ1n) is 14.1. The number of ether oxygens (including phenoxy) is 5. The minimum Gasteiger partial charge on any atom is -0.493 e. The Labute approximate surface area is 271 Å². The summed E-state index contributed by atoms with van der Waals surface area (Å²) in [6.45, 7) is 4.78. The number of hydrogen-bond donors (Lipinski definition) is 1. The molecule has 0 amide bonds. The first kappa shape index (κ1) is 31.6. The summed E-state index contributed by atoms with van der Waals surface area (Å²) in [6.07, 6.45) is 0.773. The van der Waals surface area contributed by atoms with Crippen molar-refractivity contribution in [3.05, 3.63) is 122 Å². The molecule has 230 valence electrons. The summed E-state index contributed by atoms with van der Waals surface area (Å²) in [5, 5.41) is 10.4. The fourth-order valence-corrected chi connectivity index (χ4v) is 5.45. The molecule has 1 heterocycles. The van der Waals surface area contributed by atoms with E-state index in [0.29, 0.717) is 41.8 Å². The number of carbonyl (C=O) groups excluding carboxylic acids is 1. The Kier molecular flexibility index (Phi) is 9.72. The second-order valence-electron chi connectivity index (χ2n) is 10.3. The predicted octanol–water partition coefficient (Wildman–Crippen LogP) is 8.12. The van der Waals surface area contributed by atoms with Crippen molar-refractivity contribution < 1.29 is 28.5 Å². The molecule has 2 N–H and O–H groups in total. The van der Waals surface area contributed by atoms with E-state index in [2.05, 4.69) is 6.07 Å². The molecule has 0 spiro atoms. The number of halogens is 2. The monoisotopic (exact) mass is 644 g/mol. The SMILES string of the molecule is CCCOc1c(Cl)cc(C(=O)Oc2ccc3c(c2)OC(N)=C(C#N)C3c2ccc(OCc3ccc(C)cc3)c(OC)c2)cc1Cl. The molecule has 0 bridgehead atoms. The topological polar surface area (TPSA) is 113 Å². The fraction of sp³-hybridized carbons (Fsp3) is 0.200. The molecule has 5 rings (SSSR count). The number of nitrogens with zero attached hydrogens (tertiary/aromatic N) is 1. The van der Waals surface area contributed by atoms with Crippen LogP contribution in [0.1, 0.15) is 51.9 Å². The molecule has 0 saturated heterocycles. The van der Waals surface area contributed by atoms with Crippen LogP contribution in [0, 0.1) is 18.3 Å². The molecule has 0 fully saturated rings. The second-order valence-corrected chi connectivity index (χ2v) is 11.1. The summed E-state index contributed by atoms with van der Waals surface area (Å²) in [6, 6.07) is 23.5. The zero-order valence-electron chi connectivity index (χ0n) is 24.9. The number of aryl methyl sites for hydroxylation is 1. The lowest BCUT2D eigenvalue weighted by Crippen LogP contribution is -2.21. The summed E-state index contributed by atoms with van der Waals surface area (Å²) < 4.78 is 28.7. The highest BCUT2D eigenvalue weighted by molar-refractivity contribution is 6.37. The number of methoxy groups -OCH3 is 1. The summed E-state index contributed by atoms with van der Waals surface area (Å²) in [7, 11) is 1.55. The van der Waals surface area contributed by atoms with Crippen molar-refractivity contribution in [1.29, 1.82) is 5.26 Å². The first-order chi connectivity index (χ1) is 21.7. The molecule has 4 aromatic rings. The van der Waals surface area contributed by atoms with E-state index < -0.39 is 11.9 Å². The number of nitriles is 1. The molecule has 1 atom stereocenters. The van der Waals surface area contributed by atoms with Crippen molar-refractivity contribution in [2.45, 2.75) is 32.8 Å². The number of allylic oxidation sites excluding steroid dienone is 1. The van der Waals surface area contributed by atoms with Gasteiger partial charge in [0.15, 0.2) is 17.2 Å². The van der Waals surface area contributed by atoms with E-state index in [1.54, 1.807) is 31.4 Å².